The van der Waals surface area contributed by atoms with Gasteiger partial charge in [-0.3, -0.25) is 0 Å². The zero-order valence-electron chi connectivity index (χ0n) is 10.0. The van der Waals surface area contributed by atoms with E-state index in [0.717, 1.165) is 0 Å². The summed E-state index contributed by atoms with van der Waals surface area (Å²) in [6.45, 7) is 11.6. The van der Waals surface area contributed by atoms with Crippen LogP contribution in [0.15, 0.2) is 0 Å². The van der Waals surface area contributed by atoms with Crippen LogP contribution < -0.4 is 0 Å². The molecule has 3 nitrogen and oxygen atoms in total. The fourth-order valence-electron chi connectivity index (χ4n) is 0.837. The second kappa shape index (κ2) is 6.38. The van der Waals surface area contributed by atoms with Crippen LogP contribution in [0.4, 0.5) is 0 Å². The smallest absolute Gasteiger partial charge is 0.0821 e. The van der Waals surface area contributed by atoms with E-state index in [0.29, 0.717) is 19.8 Å². The van der Waals surface area contributed by atoms with E-state index in [4.69, 9.17) is 9.47 Å². The molecule has 0 rings (SSSR count). The van der Waals surface area contributed by atoms with Crippen LogP contribution in [0.2, 0.25) is 0 Å². The van der Waals surface area contributed by atoms with Crippen molar-refractivity contribution in [2.24, 2.45) is 5.41 Å². The van der Waals surface area contributed by atoms with Crippen molar-refractivity contribution in [1.82, 2.24) is 0 Å². The summed E-state index contributed by atoms with van der Waals surface area (Å²) in [5.74, 6) is 0. The topological polar surface area (TPSA) is 38.7 Å². The van der Waals surface area contributed by atoms with Crippen LogP contribution in [-0.4, -0.2) is 37.1 Å². The van der Waals surface area contributed by atoms with Gasteiger partial charge in [0.15, 0.2) is 0 Å². The van der Waals surface area contributed by atoms with Gasteiger partial charge in [0, 0.05) is 6.61 Å². The van der Waals surface area contributed by atoms with Gasteiger partial charge in [-0.2, -0.15) is 0 Å². The van der Waals surface area contributed by atoms with Crippen molar-refractivity contribution in [2.45, 2.75) is 46.8 Å². The Hall–Kier alpha value is -0.120. The van der Waals surface area contributed by atoms with Gasteiger partial charge in [-0.05, 0) is 19.3 Å². The Morgan fingerprint density at radius 3 is 2.21 bits per heavy atom. The molecule has 1 N–H and O–H groups in total. The van der Waals surface area contributed by atoms with Crippen molar-refractivity contribution in [3.8, 4) is 0 Å². The lowest BCUT2D eigenvalue weighted by molar-refractivity contribution is -0.0666. The molecule has 0 saturated heterocycles. The molecule has 0 bridgehead atoms. The van der Waals surface area contributed by atoms with Gasteiger partial charge in [0.2, 0.25) is 0 Å². The van der Waals surface area contributed by atoms with Gasteiger partial charge >= 0.3 is 0 Å². The zero-order valence-corrected chi connectivity index (χ0v) is 10.0. The monoisotopic (exact) mass is 204 g/mol. The lowest BCUT2D eigenvalue weighted by Crippen LogP contribution is -2.33. The number of hydrogen-bond acceptors (Lipinski definition) is 3. The molecule has 14 heavy (non-hydrogen) atoms. The number of ether oxygens (including phenoxy) is 2. The highest BCUT2D eigenvalue weighted by Crippen LogP contribution is 2.19. The van der Waals surface area contributed by atoms with E-state index in [9.17, 15) is 5.11 Å². The zero-order chi connectivity index (χ0) is 11.2. The Kier molecular flexibility index (Phi) is 6.33. The van der Waals surface area contributed by atoms with Crippen LogP contribution in [0.3, 0.4) is 0 Å². The Labute approximate surface area is 87.4 Å². The molecule has 86 valence electrons. The Balaban J connectivity index is 3.61. The molecule has 0 radical (unpaired) electrons. The SMILES string of the molecule is CCOCC(C)OCC(O)C(C)(C)C. The number of rotatable bonds is 6. The fourth-order valence-corrected chi connectivity index (χ4v) is 0.837. The van der Waals surface area contributed by atoms with Crippen LogP contribution in [-0.2, 0) is 9.47 Å². The highest BCUT2D eigenvalue weighted by atomic mass is 16.5. The summed E-state index contributed by atoms with van der Waals surface area (Å²) in [6, 6.07) is 0. The average molecular weight is 204 g/mol. The minimum Gasteiger partial charge on any atom is -0.390 e. The van der Waals surface area contributed by atoms with Crippen molar-refractivity contribution in [1.29, 1.82) is 0 Å². The molecule has 0 aliphatic rings. The number of aliphatic hydroxyl groups excluding tert-OH is 1. The summed E-state index contributed by atoms with van der Waals surface area (Å²) in [5, 5.41) is 9.69. The van der Waals surface area contributed by atoms with Gasteiger partial charge in [0.1, 0.15) is 0 Å². The first kappa shape index (κ1) is 13.9. The minimum absolute atomic E-state index is 0.0481. The van der Waals surface area contributed by atoms with Gasteiger partial charge in [0.25, 0.3) is 0 Å². The summed E-state index contributed by atoms with van der Waals surface area (Å²) in [4.78, 5) is 0. The molecule has 0 amide bonds. The van der Waals surface area contributed by atoms with Gasteiger partial charge in [-0.25, -0.2) is 0 Å². The first-order valence-electron chi connectivity index (χ1n) is 5.25. The van der Waals surface area contributed by atoms with Crippen molar-refractivity contribution >= 4 is 0 Å². The van der Waals surface area contributed by atoms with Gasteiger partial charge in [-0.15, -0.1) is 0 Å². The van der Waals surface area contributed by atoms with Crippen LogP contribution in [0.5, 0.6) is 0 Å². The fraction of sp³-hybridized carbons (Fsp3) is 1.00. The van der Waals surface area contributed by atoms with Crippen LogP contribution in [0.25, 0.3) is 0 Å². The molecule has 0 aliphatic carbocycles. The van der Waals surface area contributed by atoms with E-state index in [2.05, 4.69) is 0 Å². The number of hydrogen-bond donors (Lipinski definition) is 1. The van der Waals surface area contributed by atoms with E-state index in [1.165, 1.54) is 0 Å². The quantitative estimate of drug-likeness (QED) is 0.717. The third-order valence-electron chi connectivity index (χ3n) is 2.09. The first-order chi connectivity index (χ1) is 6.38. The lowest BCUT2D eigenvalue weighted by atomic mass is 9.90. The third kappa shape index (κ3) is 6.35. The molecule has 2 atom stereocenters. The second-order valence-corrected chi connectivity index (χ2v) is 4.69. The van der Waals surface area contributed by atoms with Crippen molar-refractivity contribution < 1.29 is 14.6 Å². The third-order valence-corrected chi connectivity index (χ3v) is 2.09. The standard InChI is InChI=1S/C11H24O3/c1-6-13-7-9(2)14-8-10(12)11(3,4)5/h9-10,12H,6-8H2,1-5H3. The second-order valence-electron chi connectivity index (χ2n) is 4.69. The molecule has 0 fully saturated rings. The van der Waals surface area contributed by atoms with Crippen LogP contribution >= 0.6 is 0 Å². The highest BCUT2D eigenvalue weighted by Gasteiger charge is 2.22. The van der Waals surface area contributed by atoms with E-state index in [-0.39, 0.29) is 11.5 Å². The molecule has 3 heteroatoms. The van der Waals surface area contributed by atoms with E-state index < -0.39 is 6.10 Å². The van der Waals surface area contributed by atoms with E-state index in [1.807, 2.05) is 34.6 Å². The first-order valence-corrected chi connectivity index (χ1v) is 5.25. The van der Waals surface area contributed by atoms with E-state index >= 15 is 0 Å². The largest absolute Gasteiger partial charge is 0.390 e. The average Bonchev–Trinajstić information content (AvgIpc) is 2.09. The molecule has 0 aromatic heterocycles. The summed E-state index contributed by atoms with van der Waals surface area (Å²) in [6.07, 6.45) is -0.376. The Morgan fingerprint density at radius 2 is 1.79 bits per heavy atom. The lowest BCUT2D eigenvalue weighted by Gasteiger charge is -2.26. The molecule has 0 spiro atoms. The summed E-state index contributed by atoms with van der Waals surface area (Å²) in [5.41, 5.74) is -0.120. The summed E-state index contributed by atoms with van der Waals surface area (Å²) < 4.78 is 10.7. The normalized spacial score (nSPS) is 16.7. The van der Waals surface area contributed by atoms with Gasteiger partial charge in [0.05, 0.1) is 25.4 Å². The minimum atomic E-state index is -0.424. The Bertz CT molecular complexity index is 140. The van der Waals surface area contributed by atoms with Gasteiger partial charge in [-0.1, -0.05) is 20.8 Å². The Morgan fingerprint density at radius 1 is 1.21 bits per heavy atom. The van der Waals surface area contributed by atoms with Crippen molar-refractivity contribution in [3.05, 3.63) is 0 Å². The summed E-state index contributed by atoms with van der Waals surface area (Å²) in [7, 11) is 0. The van der Waals surface area contributed by atoms with Crippen LogP contribution in [0, 0.1) is 5.41 Å². The molecule has 0 aromatic carbocycles. The van der Waals surface area contributed by atoms with Gasteiger partial charge < -0.3 is 14.6 Å². The maximum absolute atomic E-state index is 9.69. The predicted octanol–water partition coefficient (Wildman–Crippen LogP) is 1.83. The molecular weight excluding hydrogens is 180 g/mol. The van der Waals surface area contributed by atoms with Crippen molar-refractivity contribution in [2.75, 3.05) is 19.8 Å². The maximum Gasteiger partial charge on any atom is 0.0821 e. The molecule has 2 unspecified atom stereocenters. The van der Waals surface area contributed by atoms with Crippen molar-refractivity contribution in [3.63, 3.8) is 0 Å². The molecule has 0 saturated carbocycles. The molecule has 0 heterocycles. The maximum atomic E-state index is 9.69. The van der Waals surface area contributed by atoms with Crippen LogP contribution in [0.1, 0.15) is 34.6 Å². The molecular formula is C11H24O3. The highest BCUT2D eigenvalue weighted by molar-refractivity contribution is 4.72. The summed E-state index contributed by atoms with van der Waals surface area (Å²) >= 11 is 0. The van der Waals surface area contributed by atoms with E-state index in [1.54, 1.807) is 0 Å². The number of aliphatic hydroxyl groups is 1. The molecule has 0 aliphatic heterocycles. The predicted molar refractivity (Wildman–Crippen MR) is 57.4 cm³/mol. The molecule has 0 aromatic rings.